The lowest BCUT2D eigenvalue weighted by Gasteiger charge is -2.20. The summed E-state index contributed by atoms with van der Waals surface area (Å²) in [7, 11) is 3.20. The number of Topliss-reactive ketones (excluding diaryl/α,β-unsaturated/α-hetero) is 1. The van der Waals surface area contributed by atoms with Gasteiger partial charge < -0.3 is 14.1 Å². The Labute approximate surface area is 168 Å². The van der Waals surface area contributed by atoms with E-state index in [1.807, 2.05) is 6.07 Å². The van der Waals surface area contributed by atoms with E-state index in [4.69, 9.17) is 9.15 Å². The molecule has 6 nitrogen and oxygen atoms in total. The van der Waals surface area contributed by atoms with Gasteiger partial charge in [-0.1, -0.05) is 54.6 Å². The molecule has 148 valence electrons. The predicted molar refractivity (Wildman–Crippen MR) is 107 cm³/mol. The molecule has 0 radical (unpaired) electrons. The van der Waals surface area contributed by atoms with Crippen LogP contribution in [0.2, 0.25) is 0 Å². The molecule has 3 rings (SSSR count). The summed E-state index contributed by atoms with van der Waals surface area (Å²) in [5.74, 6) is -0.667. The Kier molecular flexibility index (Phi) is 5.93. The quantitative estimate of drug-likeness (QED) is 0.466. The summed E-state index contributed by atoms with van der Waals surface area (Å²) in [5, 5.41) is 0. The van der Waals surface area contributed by atoms with E-state index < -0.39 is 12.1 Å². The average molecular weight is 391 g/mol. The Balaban J connectivity index is 1.81. The van der Waals surface area contributed by atoms with Crippen molar-refractivity contribution < 1.29 is 23.5 Å². The number of carbonyl (C=O) groups excluding carboxylic acids is 3. The van der Waals surface area contributed by atoms with Gasteiger partial charge in [-0.25, -0.2) is 4.79 Å². The normalized spacial score (nSPS) is 11.6. The Hall–Kier alpha value is -3.67. The fourth-order valence-corrected chi connectivity index (χ4v) is 2.76. The first kappa shape index (κ1) is 20.1. The number of furan rings is 1. The van der Waals surface area contributed by atoms with Crippen LogP contribution < -0.4 is 0 Å². The second-order valence-electron chi connectivity index (χ2n) is 6.73. The Morgan fingerprint density at radius 2 is 1.55 bits per heavy atom. The van der Waals surface area contributed by atoms with Gasteiger partial charge in [0.1, 0.15) is 5.76 Å². The molecule has 1 atom stereocenters. The van der Waals surface area contributed by atoms with Crippen LogP contribution in [0.5, 0.6) is 0 Å². The van der Waals surface area contributed by atoms with Gasteiger partial charge >= 0.3 is 5.97 Å². The van der Waals surface area contributed by atoms with Gasteiger partial charge in [-0.3, -0.25) is 9.59 Å². The molecule has 0 aliphatic heterocycles. The maximum atomic E-state index is 12.6. The van der Waals surface area contributed by atoms with Gasteiger partial charge in [0.05, 0.1) is 0 Å². The summed E-state index contributed by atoms with van der Waals surface area (Å²) in [4.78, 5) is 37.9. The SMILES string of the molecule is CC(=O)c1ccc(-c2ccc(C(=O)O[C@@H](C(=O)N(C)C)c3ccccc3)o2)cc1. The number of ketones is 1. The largest absolute Gasteiger partial charge is 0.449 e. The zero-order valence-electron chi connectivity index (χ0n) is 16.4. The van der Waals surface area contributed by atoms with Crippen LogP contribution in [-0.4, -0.2) is 36.7 Å². The number of nitrogens with zero attached hydrogens (tertiary/aromatic N) is 1. The van der Waals surface area contributed by atoms with Crippen molar-refractivity contribution in [3.8, 4) is 11.3 Å². The van der Waals surface area contributed by atoms with Gasteiger partial charge in [-0.15, -0.1) is 0 Å². The van der Waals surface area contributed by atoms with Crippen LogP contribution in [0.4, 0.5) is 0 Å². The fraction of sp³-hybridized carbons (Fsp3) is 0.174. The average Bonchev–Trinajstić information content (AvgIpc) is 3.22. The van der Waals surface area contributed by atoms with Crippen LogP contribution in [-0.2, 0) is 9.53 Å². The van der Waals surface area contributed by atoms with Crippen molar-refractivity contribution in [3.05, 3.63) is 83.6 Å². The third-order valence-corrected chi connectivity index (χ3v) is 4.38. The Morgan fingerprint density at radius 3 is 2.14 bits per heavy atom. The number of ether oxygens (including phenoxy) is 1. The molecule has 0 unspecified atom stereocenters. The molecule has 0 saturated heterocycles. The number of esters is 1. The number of likely N-dealkylation sites (N-methyl/N-ethyl adjacent to an activating group) is 1. The molecule has 0 aliphatic carbocycles. The highest BCUT2D eigenvalue weighted by atomic mass is 16.6. The first-order chi connectivity index (χ1) is 13.9. The van der Waals surface area contributed by atoms with Crippen molar-refractivity contribution in [1.29, 1.82) is 0 Å². The highest BCUT2D eigenvalue weighted by Gasteiger charge is 2.28. The van der Waals surface area contributed by atoms with E-state index in [1.54, 1.807) is 68.7 Å². The third kappa shape index (κ3) is 4.60. The molecule has 0 bridgehead atoms. The number of benzene rings is 2. The van der Waals surface area contributed by atoms with Crippen LogP contribution in [0.1, 0.15) is 39.5 Å². The van der Waals surface area contributed by atoms with Crippen molar-refractivity contribution >= 4 is 17.7 Å². The highest BCUT2D eigenvalue weighted by Crippen LogP contribution is 2.26. The molecule has 1 amide bonds. The minimum atomic E-state index is -1.07. The lowest BCUT2D eigenvalue weighted by Crippen LogP contribution is -2.31. The standard InChI is InChI=1S/C23H21NO5/c1-15(25)16-9-11-17(12-10-16)19-13-14-20(28-19)23(27)29-21(22(26)24(2)3)18-7-5-4-6-8-18/h4-14,21H,1-3H3/t21-/m1/s1. The predicted octanol–water partition coefficient (Wildman–Crippen LogP) is 4.14. The lowest BCUT2D eigenvalue weighted by atomic mass is 10.1. The molecule has 2 aromatic carbocycles. The monoisotopic (exact) mass is 391 g/mol. The first-order valence-corrected chi connectivity index (χ1v) is 9.05. The van der Waals surface area contributed by atoms with Crippen molar-refractivity contribution in [2.24, 2.45) is 0 Å². The minimum absolute atomic E-state index is 0.0110. The zero-order chi connectivity index (χ0) is 21.0. The van der Waals surface area contributed by atoms with Gasteiger partial charge in [0.2, 0.25) is 11.9 Å². The number of hydrogen-bond donors (Lipinski definition) is 0. The van der Waals surface area contributed by atoms with Gasteiger partial charge in [0.15, 0.2) is 5.78 Å². The fourth-order valence-electron chi connectivity index (χ4n) is 2.76. The maximum absolute atomic E-state index is 12.6. The van der Waals surface area contributed by atoms with E-state index in [0.29, 0.717) is 16.9 Å². The first-order valence-electron chi connectivity index (χ1n) is 9.05. The van der Waals surface area contributed by atoms with E-state index in [0.717, 1.165) is 5.56 Å². The van der Waals surface area contributed by atoms with Crippen molar-refractivity contribution in [2.75, 3.05) is 14.1 Å². The summed E-state index contributed by atoms with van der Waals surface area (Å²) in [5.41, 5.74) is 1.89. The summed E-state index contributed by atoms with van der Waals surface area (Å²) in [6.07, 6.45) is -1.07. The minimum Gasteiger partial charge on any atom is -0.449 e. The molecule has 3 aromatic rings. The van der Waals surface area contributed by atoms with E-state index in [2.05, 4.69) is 0 Å². The number of amides is 1. The topological polar surface area (TPSA) is 76.8 Å². The van der Waals surface area contributed by atoms with Crippen molar-refractivity contribution in [1.82, 2.24) is 4.90 Å². The number of rotatable bonds is 6. The molecule has 0 spiro atoms. The zero-order valence-corrected chi connectivity index (χ0v) is 16.4. The molecule has 6 heteroatoms. The van der Waals surface area contributed by atoms with Gasteiger partial charge in [-0.05, 0) is 19.1 Å². The van der Waals surface area contributed by atoms with Gasteiger partial charge in [0.25, 0.3) is 5.91 Å². The van der Waals surface area contributed by atoms with Crippen LogP contribution in [0.15, 0.2) is 71.1 Å². The molecule has 1 heterocycles. The van der Waals surface area contributed by atoms with E-state index in [-0.39, 0.29) is 17.5 Å². The van der Waals surface area contributed by atoms with Gasteiger partial charge in [0, 0.05) is 30.8 Å². The summed E-state index contributed by atoms with van der Waals surface area (Å²) in [6, 6.07) is 18.8. The molecule has 0 aliphatic rings. The molecule has 0 N–H and O–H groups in total. The van der Waals surface area contributed by atoms with Crippen LogP contribution in [0, 0.1) is 0 Å². The molecular formula is C23H21NO5. The summed E-state index contributed by atoms with van der Waals surface area (Å²) in [6.45, 7) is 1.49. The second-order valence-corrected chi connectivity index (χ2v) is 6.73. The van der Waals surface area contributed by atoms with Crippen molar-refractivity contribution in [2.45, 2.75) is 13.0 Å². The molecular weight excluding hydrogens is 370 g/mol. The van der Waals surface area contributed by atoms with Crippen LogP contribution in [0.25, 0.3) is 11.3 Å². The molecule has 0 saturated carbocycles. The van der Waals surface area contributed by atoms with E-state index in [9.17, 15) is 14.4 Å². The van der Waals surface area contributed by atoms with E-state index >= 15 is 0 Å². The van der Waals surface area contributed by atoms with Crippen LogP contribution in [0.3, 0.4) is 0 Å². The van der Waals surface area contributed by atoms with E-state index in [1.165, 1.54) is 17.9 Å². The molecule has 0 fully saturated rings. The Morgan fingerprint density at radius 1 is 0.897 bits per heavy atom. The smallest absolute Gasteiger partial charge is 0.375 e. The number of hydrogen-bond acceptors (Lipinski definition) is 5. The maximum Gasteiger partial charge on any atom is 0.375 e. The molecule has 1 aromatic heterocycles. The van der Waals surface area contributed by atoms with Crippen molar-refractivity contribution in [3.63, 3.8) is 0 Å². The third-order valence-electron chi connectivity index (χ3n) is 4.38. The van der Waals surface area contributed by atoms with Gasteiger partial charge in [-0.2, -0.15) is 0 Å². The number of carbonyl (C=O) groups is 3. The second kappa shape index (κ2) is 8.56. The molecule has 29 heavy (non-hydrogen) atoms. The summed E-state index contributed by atoms with van der Waals surface area (Å²) < 4.78 is 11.1. The highest BCUT2D eigenvalue weighted by molar-refractivity contribution is 5.94. The summed E-state index contributed by atoms with van der Waals surface area (Å²) >= 11 is 0. The Bertz CT molecular complexity index is 1020. The van der Waals surface area contributed by atoms with Crippen LogP contribution >= 0.6 is 0 Å². The lowest BCUT2D eigenvalue weighted by molar-refractivity contribution is -0.138.